The number of amides is 1. The Balaban J connectivity index is 3.13. The van der Waals surface area contributed by atoms with Crippen molar-refractivity contribution >= 4 is 30.2 Å². The Morgan fingerprint density at radius 2 is 1.85 bits per heavy atom. The topological polar surface area (TPSA) is 43.1 Å². The number of hydrogen-bond donors (Lipinski definition) is 1. The van der Waals surface area contributed by atoms with Crippen LogP contribution in [-0.4, -0.2) is 5.91 Å². The molecule has 2 N–H and O–H groups in total. The standard InChI is InChI=1S/C7H5F2NOS2/c8-12-5-2-1-4(7(10)11)3-6(5)13-9/h1-3H,(H2,10,11). The highest BCUT2D eigenvalue weighted by molar-refractivity contribution is 7.97. The van der Waals surface area contributed by atoms with Crippen molar-refractivity contribution in [3.05, 3.63) is 23.8 Å². The molecule has 0 radical (unpaired) electrons. The summed E-state index contributed by atoms with van der Waals surface area (Å²) in [6, 6.07) is 3.88. The zero-order chi connectivity index (χ0) is 9.84. The monoisotopic (exact) mass is 221 g/mol. The minimum absolute atomic E-state index is 0.0591. The van der Waals surface area contributed by atoms with Gasteiger partial charge in [-0.25, -0.2) is 0 Å². The van der Waals surface area contributed by atoms with Crippen LogP contribution in [0.15, 0.2) is 28.0 Å². The van der Waals surface area contributed by atoms with Crippen molar-refractivity contribution in [3.63, 3.8) is 0 Å². The quantitative estimate of drug-likeness (QED) is 0.853. The van der Waals surface area contributed by atoms with Gasteiger partial charge in [-0.2, -0.15) is 7.77 Å². The van der Waals surface area contributed by atoms with Gasteiger partial charge >= 0.3 is 0 Å². The molecule has 0 atom stereocenters. The zero-order valence-electron chi connectivity index (χ0n) is 6.29. The summed E-state index contributed by atoms with van der Waals surface area (Å²) in [6.45, 7) is 0. The van der Waals surface area contributed by atoms with E-state index in [1.165, 1.54) is 18.2 Å². The summed E-state index contributed by atoms with van der Waals surface area (Å²) < 4.78 is 24.3. The van der Waals surface area contributed by atoms with Crippen LogP contribution in [0, 0.1) is 0 Å². The van der Waals surface area contributed by atoms with Gasteiger partial charge in [0.15, 0.2) is 0 Å². The van der Waals surface area contributed by atoms with E-state index in [-0.39, 0.29) is 39.7 Å². The molecule has 6 heteroatoms. The Labute approximate surface area is 82.5 Å². The Kier molecular flexibility index (Phi) is 3.56. The van der Waals surface area contributed by atoms with Crippen LogP contribution in [-0.2, 0) is 0 Å². The number of carbonyl (C=O) groups is 1. The van der Waals surface area contributed by atoms with Gasteiger partial charge in [-0.3, -0.25) is 4.79 Å². The first-order chi connectivity index (χ1) is 6.19. The third kappa shape index (κ3) is 2.35. The van der Waals surface area contributed by atoms with Crippen LogP contribution in [0.2, 0.25) is 0 Å². The molecular weight excluding hydrogens is 216 g/mol. The maximum Gasteiger partial charge on any atom is 0.248 e. The highest BCUT2D eigenvalue weighted by Crippen LogP contribution is 2.32. The number of halogens is 2. The molecule has 1 aromatic rings. The van der Waals surface area contributed by atoms with Gasteiger partial charge in [-0.05, 0) is 18.2 Å². The van der Waals surface area contributed by atoms with Crippen molar-refractivity contribution in [1.82, 2.24) is 0 Å². The van der Waals surface area contributed by atoms with Gasteiger partial charge < -0.3 is 5.73 Å². The van der Waals surface area contributed by atoms with Gasteiger partial charge in [0.25, 0.3) is 0 Å². The summed E-state index contributed by atoms with van der Waals surface area (Å²) in [5, 5.41) is 0. The van der Waals surface area contributed by atoms with Gasteiger partial charge in [-0.15, -0.1) is 0 Å². The number of nitrogens with two attached hydrogens (primary N) is 1. The van der Waals surface area contributed by atoms with E-state index < -0.39 is 5.91 Å². The second-order valence-corrected chi connectivity index (χ2v) is 3.37. The van der Waals surface area contributed by atoms with E-state index in [1.54, 1.807) is 0 Å². The molecule has 0 heterocycles. The van der Waals surface area contributed by atoms with Crippen molar-refractivity contribution in [3.8, 4) is 0 Å². The van der Waals surface area contributed by atoms with Gasteiger partial charge in [0.1, 0.15) is 0 Å². The van der Waals surface area contributed by atoms with E-state index in [1.807, 2.05) is 0 Å². The Bertz CT molecular complexity index is 332. The molecule has 0 saturated carbocycles. The number of benzene rings is 1. The van der Waals surface area contributed by atoms with Crippen molar-refractivity contribution < 1.29 is 12.6 Å². The molecule has 1 amide bonds. The molecular formula is C7H5F2NOS2. The van der Waals surface area contributed by atoms with E-state index >= 15 is 0 Å². The lowest BCUT2D eigenvalue weighted by atomic mass is 10.2. The van der Waals surface area contributed by atoms with Crippen LogP contribution >= 0.6 is 24.3 Å². The maximum absolute atomic E-state index is 12.2. The minimum Gasteiger partial charge on any atom is -0.366 e. The molecule has 1 aromatic carbocycles. The summed E-state index contributed by atoms with van der Waals surface area (Å²) >= 11 is -0.190. The highest BCUT2D eigenvalue weighted by atomic mass is 32.2. The van der Waals surface area contributed by atoms with E-state index in [0.717, 1.165) is 0 Å². The van der Waals surface area contributed by atoms with Crippen molar-refractivity contribution in [2.75, 3.05) is 0 Å². The van der Waals surface area contributed by atoms with E-state index in [2.05, 4.69) is 0 Å². The second-order valence-electron chi connectivity index (χ2n) is 2.18. The van der Waals surface area contributed by atoms with Crippen molar-refractivity contribution in [1.29, 1.82) is 0 Å². The summed E-state index contributed by atoms with van der Waals surface area (Å²) in [7, 11) is 0. The van der Waals surface area contributed by atoms with E-state index in [9.17, 15) is 12.6 Å². The van der Waals surface area contributed by atoms with Crippen molar-refractivity contribution in [2.24, 2.45) is 5.73 Å². The van der Waals surface area contributed by atoms with Gasteiger partial charge in [0.05, 0.1) is 34.1 Å². The first kappa shape index (κ1) is 10.3. The number of primary amides is 1. The highest BCUT2D eigenvalue weighted by Gasteiger charge is 2.08. The lowest BCUT2D eigenvalue weighted by Crippen LogP contribution is -2.10. The Morgan fingerprint density at radius 1 is 1.23 bits per heavy atom. The van der Waals surface area contributed by atoms with Crippen LogP contribution in [0.3, 0.4) is 0 Å². The van der Waals surface area contributed by atoms with E-state index in [4.69, 9.17) is 5.73 Å². The first-order valence-electron chi connectivity index (χ1n) is 3.20. The third-order valence-corrected chi connectivity index (χ3v) is 2.55. The van der Waals surface area contributed by atoms with Gasteiger partial charge in [0, 0.05) is 5.56 Å². The van der Waals surface area contributed by atoms with E-state index in [0.29, 0.717) is 0 Å². The fraction of sp³-hybridized carbons (Fsp3) is 0. The molecule has 0 saturated heterocycles. The predicted octanol–water partition coefficient (Wildman–Crippen LogP) is 2.74. The molecule has 70 valence electrons. The fourth-order valence-corrected chi connectivity index (χ4v) is 1.54. The third-order valence-electron chi connectivity index (χ3n) is 1.39. The molecule has 0 aliphatic heterocycles. The summed E-state index contributed by atoms with van der Waals surface area (Å²) in [4.78, 5) is 10.9. The average Bonchev–Trinajstić information content (AvgIpc) is 2.16. The molecule has 0 aromatic heterocycles. The first-order valence-corrected chi connectivity index (χ1v) is 4.63. The summed E-state index contributed by atoms with van der Waals surface area (Å²) in [5.74, 6) is -0.661. The zero-order valence-corrected chi connectivity index (χ0v) is 7.92. The largest absolute Gasteiger partial charge is 0.366 e. The SMILES string of the molecule is NC(=O)c1ccc(SF)c(SF)c1. The molecule has 0 unspecified atom stereocenters. The molecule has 0 spiro atoms. The molecule has 2 nitrogen and oxygen atoms in total. The maximum atomic E-state index is 12.2. The fourth-order valence-electron chi connectivity index (χ4n) is 0.785. The van der Waals surface area contributed by atoms with Crippen LogP contribution < -0.4 is 5.73 Å². The molecule has 0 aliphatic carbocycles. The van der Waals surface area contributed by atoms with Crippen molar-refractivity contribution in [2.45, 2.75) is 9.79 Å². The molecule has 0 fully saturated rings. The Hall–Kier alpha value is -0.750. The molecule has 13 heavy (non-hydrogen) atoms. The molecule has 0 bridgehead atoms. The predicted molar refractivity (Wildman–Crippen MR) is 48.9 cm³/mol. The smallest absolute Gasteiger partial charge is 0.248 e. The minimum atomic E-state index is -0.661. The molecule has 0 aliphatic rings. The molecule has 1 rings (SSSR count). The second kappa shape index (κ2) is 4.48. The Morgan fingerprint density at radius 3 is 2.31 bits per heavy atom. The summed E-state index contributed by atoms with van der Waals surface area (Å²) in [5.41, 5.74) is 5.12. The lowest BCUT2D eigenvalue weighted by Gasteiger charge is -2.01. The number of hydrogen-bond acceptors (Lipinski definition) is 3. The number of rotatable bonds is 3. The van der Waals surface area contributed by atoms with Gasteiger partial charge in [-0.1, -0.05) is 0 Å². The summed E-state index contributed by atoms with van der Waals surface area (Å²) in [6.07, 6.45) is 0. The van der Waals surface area contributed by atoms with Gasteiger partial charge in [0.2, 0.25) is 5.91 Å². The number of carbonyl (C=O) groups excluding carboxylic acids is 1. The lowest BCUT2D eigenvalue weighted by molar-refractivity contribution is 0.1000. The average molecular weight is 221 g/mol. The van der Waals surface area contributed by atoms with Crippen LogP contribution in [0.5, 0.6) is 0 Å². The van der Waals surface area contributed by atoms with Crippen LogP contribution in [0.25, 0.3) is 0 Å². The van der Waals surface area contributed by atoms with Crippen LogP contribution in [0.1, 0.15) is 10.4 Å². The normalized spacial score (nSPS) is 10.0. The van der Waals surface area contributed by atoms with Crippen LogP contribution in [0.4, 0.5) is 7.77 Å².